The molecular formula is C18H22N4O4. The molecule has 0 spiro atoms. The lowest BCUT2D eigenvalue weighted by Gasteiger charge is -2.34. The molecule has 26 heavy (non-hydrogen) atoms. The van der Waals surface area contributed by atoms with Gasteiger partial charge in [0, 0.05) is 39.5 Å². The summed E-state index contributed by atoms with van der Waals surface area (Å²) in [5, 5.41) is 7.43. The van der Waals surface area contributed by atoms with Crippen LogP contribution in [0.4, 0.5) is 0 Å². The van der Waals surface area contributed by atoms with E-state index in [1.165, 1.54) is 0 Å². The molecule has 1 aromatic carbocycles. The topological polar surface area (TPSA) is 88.8 Å². The highest BCUT2D eigenvalue weighted by molar-refractivity contribution is 5.89. The van der Waals surface area contributed by atoms with Gasteiger partial charge in [0.1, 0.15) is 5.75 Å². The predicted molar refractivity (Wildman–Crippen MR) is 92.8 cm³/mol. The summed E-state index contributed by atoms with van der Waals surface area (Å²) in [6.45, 7) is 3.59. The maximum Gasteiger partial charge on any atom is 0.311 e. The molecule has 1 saturated heterocycles. The van der Waals surface area contributed by atoms with Crippen LogP contribution in [-0.2, 0) is 11.2 Å². The Kier molecular flexibility index (Phi) is 5.50. The lowest BCUT2D eigenvalue weighted by molar-refractivity contribution is -0.132. The van der Waals surface area contributed by atoms with Gasteiger partial charge in [-0.25, -0.2) is 0 Å². The van der Waals surface area contributed by atoms with E-state index in [1.807, 2.05) is 24.3 Å². The first-order chi connectivity index (χ1) is 12.6. The van der Waals surface area contributed by atoms with Crippen molar-refractivity contribution >= 4 is 11.8 Å². The Hall–Kier alpha value is -2.90. The zero-order valence-electron chi connectivity index (χ0n) is 15.0. The summed E-state index contributed by atoms with van der Waals surface area (Å²) in [4.78, 5) is 28.1. The summed E-state index contributed by atoms with van der Waals surface area (Å²) >= 11 is 0. The second-order valence-electron chi connectivity index (χ2n) is 6.15. The molecule has 1 fully saturated rings. The molecule has 0 saturated carbocycles. The number of methoxy groups -OCH3 is 1. The van der Waals surface area contributed by atoms with Gasteiger partial charge in [-0.3, -0.25) is 9.59 Å². The van der Waals surface area contributed by atoms with Gasteiger partial charge in [0.2, 0.25) is 11.8 Å². The molecule has 2 aromatic rings. The maximum absolute atomic E-state index is 12.4. The Morgan fingerprint density at radius 1 is 1.15 bits per heavy atom. The standard InChI is InChI=1S/C18H22N4O4/c1-13-19-20-17(26-13)18(24)22-10-8-21(9-11-22)16(23)7-6-14-4-3-5-15(12-14)25-2/h3-5,12H,6-11H2,1-2H3. The Morgan fingerprint density at radius 2 is 1.88 bits per heavy atom. The molecule has 0 aliphatic carbocycles. The fraction of sp³-hybridized carbons (Fsp3) is 0.444. The SMILES string of the molecule is COc1cccc(CCC(=O)N2CCN(C(=O)c3nnc(C)o3)CC2)c1. The van der Waals surface area contributed by atoms with E-state index < -0.39 is 0 Å². The number of amides is 2. The van der Waals surface area contributed by atoms with Crippen LogP contribution in [0.15, 0.2) is 28.7 Å². The van der Waals surface area contributed by atoms with Crippen molar-refractivity contribution in [2.45, 2.75) is 19.8 Å². The van der Waals surface area contributed by atoms with Gasteiger partial charge in [-0.15, -0.1) is 10.2 Å². The molecule has 8 nitrogen and oxygen atoms in total. The van der Waals surface area contributed by atoms with E-state index in [4.69, 9.17) is 9.15 Å². The van der Waals surface area contributed by atoms with E-state index in [9.17, 15) is 9.59 Å². The van der Waals surface area contributed by atoms with E-state index in [0.29, 0.717) is 44.9 Å². The molecule has 0 bridgehead atoms. The molecule has 8 heteroatoms. The summed E-state index contributed by atoms with van der Waals surface area (Å²) < 4.78 is 10.4. The fourth-order valence-corrected chi connectivity index (χ4v) is 2.91. The van der Waals surface area contributed by atoms with Crippen LogP contribution in [0, 0.1) is 6.92 Å². The van der Waals surface area contributed by atoms with Crippen LogP contribution in [0.25, 0.3) is 0 Å². The van der Waals surface area contributed by atoms with Crippen LogP contribution in [0.3, 0.4) is 0 Å². The highest BCUT2D eigenvalue weighted by Gasteiger charge is 2.27. The molecular weight excluding hydrogens is 336 g/mol. The average Bonchev–Trinajstić information content (AvgIpc) is 3.12. The number of nitrogens with zero attached hydrogens (tertiary/aromatic N) is 4. The molecule has 0 atom stereocenters. The van der Waals surface area contributed by atoms with Gasteiger partial charge in [-0.05, 0) is 24.1 Å². The van der Waals surface area contributed by atoms with E-state index in [1.54, 1.807) is 23.8 Å². The van der Waals surface area contributed by atoms with Crippen molar-refractivity contribution in [1.29, 1.82) is 0 Å². The average molecular weight is 358 g/mol. The quantitative estimate of drug-likeness (QED) is 0.800. The van der Waals surface area contributed by atoms with Crippen LogP contribution < -0.4 is 4.74 Å². The highest BCUT2D eigenvalue weighted by Crippen LogP contribution is 2.15. The van der Waals surface area contributed by atoms with Gasteiger partial charge >= 0.3 is 11.8 Å². The number of hydrogen-bond acceptors (Lipinski definition) is 6. The number of piperazine rings is 1. The second-order valence-corrected chi connectivity index (χ2v) is 6.15. The zero-order valence-corrected chi connectivity index (χ0v) is 15.0. The summed E-state index contributed by atoms with van der Waals surface area (Å²) in [6, 6.07) is 7.73. The van der Waals surface area contributed by atoms with E-state index in [2.05, 4.69) is 10.2 Å². The van der Waals surface area contributed by atoms with Crippen LogP contribution >= 0.6 is 0 Å². The van der Waals surface area contributed by atoms with Crippen molar-refractivity contribution in [2.75, 3.05) is 33.3 Å². The van der Waals surface area contributed by atoms with Gasteiger partial charge in [0.05, 0.1) is 7.11 Å². The smallest absolute Gasteiger partial charge is 0.311 e. The van der Waals surface area contributed by atoms with E-state index in [0.717, 1.165) is 11.3 Å². The van der Waals surface area contributed by atoms with Crippen molar-refractivity contribution in [2.24, 2.45) is 0 Å². The highest BCUT2D eigenvalue weighted by atomic mass is 16.5. The third-order valence-corrected chi connectivity index (χ3v) is 4.39. The first-order valence-electron chi connectivity index (χ1n) is 8.57. The summed E-state index contributed by atoms with van der Waals surface area (Å²) in [5.74, 6) is 0.959. The molecule has 3 rings (SSSR count). The monoisotopic (exact) mass is 358 g/mol. The number of carbonyl (C=O) groups is 2. The van der Waals surface area contributed by atoms with Crippen LogP contribution in [0.2, 0.25) is 0 Å². The molecule has 0 N–H and O–H groups in total. The van der Waals surface area contributed by atoms with Crippen molar-refractivity contribution in [3.63, 3.8) is 0 Å². The number of aryl methyl sites for hydroxylation is 2. The lowest BCUT2D eigenvalue weighted by Crippen LogP contribution is -2.50. The first-order valence-corrected chi connectivity index (χ1v) is 8.57. The van der Waals surface area contributed by atoms with Crippen molar-refractivity contribution in [1.82, 2.24) is 20.0 Å². The molecule has 1 aliphatic heterocycles. The summed E-state index contributed by atoms with van der Waals surface area (Å²) in [7, 11) is 1.63. The van der Waals surface area contributed by atoms with E-state index in [-0.39, 0.29) is 17.7 Å². The van der Waals surface area contributed by atoms with Gasteiger partial charge in [0.25, 0.3) is 0 Å². The molecule has 138 valence electrons. The van der Waals surface area contributed by atoms with Crippen LogP contribution in [0.1, 0.15) is 28.6 Å². The molecule has 1 aromatic heterocycles. The molecule has 2 amide bonds. The minimum atomic E-state index is -0.283. The van der Waals surface area contributed by atoms with Crippen molar-refractivity contribution < 1.29 is 18.7 Å². The Balaban J connectivity index is 1.48. The number of ether oxygens (including phenoxy) is 1. The number of carbonyl (C=O) groups excluding carboxylic acids is 2. The summed E-state index contributed by atoms with van der Waals surface area (Å²) in [5.41, 5.74) is 1.07. The number of rotatable bonds is 5. The van der Waals surface area contributed by atoms with Gasteiger partial charge < -0.3 is 19.0 Å². The Labute approximate surface area is 151 Å². The molecule has 2 heterocycles. The fourth-order valence-electron chi connectivity index (χ4n) is 2.91. The molecule has 0 radical (unpaired) electrons. The number of aromatic nitrogens is 2. The zero-order chi connectivity index (χ0) is 18.5. The lowest BCUT2D eigenvalue weighted by atomic mass is 10.1. The Bertz CT molecular complexity index is 781. The van der Waals surface area contributed by atoms with Gasteiger partial charge in [-0.2, -0.15) is 0 Å². The number of benzene rings is 1. The first kappa shape index (κ1) is 17.9. The third kappa shape index (κ3) is 4.19. The minimum absolute atomic E-state index is 0.000279. The van der Waals surface area contributed by atoms with Crippen molar-refractivity contribution in [3.8, 4) is 5.75 Å². The van der Waals surface area contributed by atoms with Crippen LogP contribution in [-0.4, -0.2) is 65.1 Å². The predicted octanol–water partition coefficient (Wildman–Crippen LogP) is 1.30. The molecule has 1 aliphatic rings. The van der Waals surface area contributed by atoms with Crippen molar-refractivity contribution in [3.05, 3.63) is 41.6 Å². The van der Waals surface area contributed by atoms with Gasteiger partial charge in [-0.1, -0.05) is 12.1 Å². The third-order valence-electron chi connectivity index (χ3n) is 4.39. The molecule has 0 unspecified atom stereocenters. The Morgan fingerprint density at radius 3 is 2.54 bits per heavy atom. The number of hydrogen-bond donors (Lipinski definition) is 0. The normalized spacial score (nSPS) is 14.4. The maximum atomic E-state index is 12.4. The van der Waals surface area contributed by atoms with E-state index >= 15 is 0 Å². The summed E-state index contributed by atoms with van der Waals surface area (Å²) in [6.07, 6.45) is 1.10. The van der Waals surface area contributed by atoms with Gasteiger partial charge in [0.15, 0.2) is 0 Å². The van der Waals surface area contributed by atoms with Crippen LogP contribution in [0.5, 0.6) is 5.75 Å². The second kappa shape index (κ2) is 7.99. The largest absolute Gasteiger partial charge is 0.497 e. The minimum Gasteiger partial charge on any atom is -0.497 e.